The van der Waals surface area contributed by atoms with Gasteiger partial charge in [0.1, 0.15) is 12.0 Å². The van der Waals surface area contributed by atoms with Gasteiger partial charge >= 0.3 is 0 Å². The molecule has 0 radical (unpaired) electrons. The SMILES string of the molecule is CC[C@H]1CN(C)c2ccccc2CN1Cc1cc(=O)c(O)co1. The van der Waals surface area contributed by atoms with Crippen molar-refractivity contribution in [1.82, 2.24) is 4.90 Å². The maximum Gasteiger partial charge on any atom is 0.226 e. The summed E-state index contributed by atoms with van der Waals surface area (Å²) in [5.41, 5.74) is 2.12. The fourth-order valence-corrected chi connectivity index (χ4v) is 3.19. The van der Waals surface area contributed by atoms with Gasteiger partial charge in [0.05, 0.1) is 6.54 Å². The highest BCUT2D eigenvalue weighted by Crippen LogP contribution is 2.28. The van der Waals surface area contributed by atoms with Crippen LogP contribution in [0.3, 0.4) is 0 Å². The van der Waals surface area contributed by atoms with Gasteiger partial charge in [0.25, 0.3) is 0 Å². The van der Waals surface area contributed by atoms with E-state index >= 15 is 0 Å². The molecule has 5 nitrogen and oxygen atoms in total. The fraction of sp³-hybridized carbons (Fsp3) is 0.389. The number of para-hydroxylation sites is 1. The number of hydrogen-bond donors (Lipinski definition) is 1. The molecule has 0 amide bonds. The lowest BCUT2D eigenvalue weighted by molar-refractivity contribution is 0.166. The van der Waals surface area contributed by atoms with Crippen molar-refractivity contribution >= 4 is 5.69 Å². The molecule has 0 aliphatic carbocycles. The predicted octanol–water partition coefficient (Wildman–Crippen LogP) is 2.58. The molecule has 1 aromatic heterocycles. The maximum absolute atomic E-state index is 11.6. The van der Waals surface area contributed by atoms with E-state index in [1.165, 1.54) is 17.3 Å². The second-order valence-electron chi connectivity index (χ2n) is 6.07. The van der Waals surface area contributed by atoms with Gasteiger partial charge in [0.15, 0.2) is 5.75 Å². The molecule has 2 heterocycles. The van der Waals surface area contributed by atoms with Gasteiger partial charge in [0, 0.05) is 37.9 Å². The van der Waals surface area contributed by atoms with Crippen LogP contribution in [-0.2, 0) is 13.1 Å². The number of rotatable bonds is 3. The van der Waals surface area contributed by atoms with Gasteiger partial charge in [0.2, 0.25) is 5.43 Å². The van der Waals surface area contributed by atoms with Gasteiger partial charge in [-0.25, -0.2) is 0 Å². The zero-order valence-corrected chi connectivity index (χ0v) is 13.5. The number of fused-ring (bicyclic) bond motifs is 1. The second kappa shape index (κ2) is 6.46. The zero-order valence-electron chi connectivity index (χ0n) is 13.5. The quantitative estimate of drug-likeness (QED) is 0.943. The third-order valence-electron chi connectivity index (χ3n) is 4.47. The van der Waals surface area contributed by atoms with Crippen LogP contribution < -0.4 is 10.3 Å². The molecule has 0 saturated heterocycles. The third kappa shape index (κ3) is 3.24. The van der Waals surface area contributed by atoms with Crippen molar-refractivity contribution in [1.29, 1.82) is 0 Å². The van der Waals surface area contributed by atoms with E-state index in [9.17, 15) is 9.90 Å². The van der Waals surface area contributed by atoms with Crippen LogP contribution in [-0.4, -0.2) is 29.6 Å². The van der Waals surface area contributed by atoms with Crippen LogP contribution in [0, 0.1) is 0 Å². The first-order valence-corrected chi connectivity index (χ1v) is 7.92. The molecule has 0 fully saturated rings. The van der Waals surface area contributed by atoms with E-state index in [1.54, 1.807) is 0 Å². The lowest BCUT2D eigenvalue weighted by Crippen LogP contribution is -2.39. The highest BCUT2D eigenvalue weighted by molar-refractivity contribution is 5.54. The van der Waals surface area contributed by atoms with E-state index in [0.29, 0.717) is 18.3 Å². The van der Waals surface area contributed by atoms with Crippen LogP contribution in [0.25, 0.3) is 0 Å². The second-order valence-corrected chi connectivity index (χ2v) is 6.07. The molecule has 122 valence electrons. The van der Waals surface area contributed by atoms with E-state index in [1.807, 2.05) is 0 Å². The minimum atomic E-state index is -0.397. The van der Waals surface area contributed by atoms with E-state index < -0.39 is 5.43 Å². The van der Waals surface area contributed by atoms with Crippen molar-refractivity contribution in [3.63, 3.8) is 0 Å². The van der Waals surface area contributed by atoms with Crippen molar-refractivity contribution in [2.75, 3.05) is 18.5 Å². The molecule has 1 atom stereocenters. The van der Waals surface area contributed by atoms with Gasteiger partial charge in [-0.2, -0.15) is 0 Å². The number of aromatic hydroxyl groups is 1. The number of hydrogen-bond acceptors (Lipinski definition) is 5. The molecule has 1 N–H and O–H groups in total. The van der Waals surface area contributed by atoms with Gasteiger partial charge < -0.3 is 14.4 Å². The van der Waals surface area contributed by atoms with E-state index in [-0.39, 0.29) is 5.75 Å². The molecule has 23 heavy (non-hydrogen) atoms. The first-order valence-electron chi connectivity index (χ1n) is 7.92. The number of benzene rings is 1. The largest absolute Gasteiger partial charge is 0.502 e. The third-order valence-corrected chi connectivity index (χ3v) is 4.47. The summed E-state index contributed by atoms with van der Waals surface area (Å²) >= 11 is 0. The van der Waals surface area contributed by atoms with Crippen LogP contribution >= 0.6 is 0 Å². The molecule has 1 aliphatic heterocycles. The lowest BCUT2D eigenvalue weighted by atomic mass is 10.1. The first-order chi connectivity index (χ1) is 11.1. The Kier molecular flexibility index (Phi) is 4.39. The van der Waals surface area contributed by atoms with Crippen LogP contribution in [0.4, 0.5) is 5.69 Å². The van der Waals surface area contributed by atoms with E-state index in [2.05, 4.69) is 48.0 Å². The molecule has 5 heteroatoms. The standard InChI is InChI=1S/C18H22N2O3/c1-3-14-10-19(2)16-7-5-4-6-13(16)9-20(14)11-15-8-17(21)18(22)12-23-15/h4-8,12,14,22H,3,9-11H2,1-2H3/t14-/m0/s1. The summed E-state index contributed by atoms with van der Waals surface area (Å²) in [4.78, 5) is 16.2. The summed E-state index contributed by atoms with van der Waals surface area (Å²) < 4.78 is 5.38. The number of nitrogens with zero attached hydrogens (tertiary/aromatic N) is 2. The van der Waals surface area contributed by atoms with Crippen molar-refractivity contribution in [3.05, 3.63) is 58.1 Å². The summed E-state index contributed by atoms with van der Waals surface area (Å²) in [6.45, 7) is 4.46. The topological polar surface area (TPSA) is 56.9 Å². The molecule has 0 saturated carbocycles. The minimum Gasteiger partial charge on any atom is -0.502 e. The Morgan fingerprint density at radius 3 is 2.87 bits per heavy atom. The highest BCUT2D eigenvalue weighted by atomic mass is 16.4. The van der Waals surface area contributed by atoms with Crippen molar-refractivity contribution in [2.45, 2.75) is 32.5 Å². The average molecular weight is 314 g/mol. The normalized spacial score (nSPS) is 18.5. The molecule has 2 aromatic rings. The summed E-state index contributed by atoms with van der Waals surface area (Å²) in [5.74, 6) is 0.232. The molecular formula is C18H22N2O3. The molecule has 1 aliphatic rings. The van der Waals surface area contributed by atoms with E-state index in [0.717, 1.165) is 25.8 Å². The lowest BCUT2D eigenvalue weighted by Gasteiger charge is -2.30. The average Bonchev–Trinajstić information content (AvgIpc) is 2.68. The van der Waals surface area contributed by atoms with Crippen LogP contribution in [0.5, 0.6) is 5.75 Å². The fourth-order valence-electron chi connectivity index (χ4n) is 3.19. The van der Waals surface area contributed by atoms with Gasteiger partial charge in [-0.05, 0) is 18.1 Å². The summed E-state index contributed by atoms with van der Waals surface area (Å²) in [7, 11) is 2.12. The van der Waals surface area contributed by atoms with Crippen molar-refractivity contribution < 1.29 is 9.52 Å². The summed E-state index contributed by atoms with van der Waals surface area (Å²) in [5, 5.41) is 9.33. The molecule has 0 unspecified atom stereocenters. The molecule has 0 spiro atoms. The Hall–Kier alpha value is -2.27. The Morgan fingerprint density at radius 2 is 2.13 bits per heavy atom. The highest BCUT2D eigenvalue weighted by Gasteiger charge is 2.25. The van der Waals surface area contributed by atoms with Gasteiger partial charge in [-0.3, -0.25) is 9.69 Å². The Bertz CT molecular complexity index is 741. The van der Waals surface area contributed by atoms with Crippen molar-refractivity contribution in [2.24, 2.45) is 0 Å². The minimum absolute atomic E-state index is 0.346. The predicted molar refractivity (Wildman–Crippen MR) is 89.7 cm³/mol. The maximum atomic E-state index is 11.6. The van der Waals surface area contributed by atoms with E-state index in [4.69, 9.17) is 4.42 Å². The Balaban J connectivity index is 1.90. The zero-order chi connectivity index (χ0) is 16.4. The van der Waals surface area contributed by atoms with Crippen LogP contribution in [0.2, 0.25) is 0 Å². The first kappa shape index (κ1) is 15.6. The molecule has 1 aromatic carbocycles. The summed E-state index contributed by atoms with van der Waals surface area (Å²) in [6, 6.07) is 10.1. The van der Waals surface area contributed by atoms with Crippen LogP contribution in [0.1, 0.15) is 24.7 Å². The monoisotopic (exact) mass is 314 g/mol. The summed E-state index contributed by atoms with van der Waals surface area (Å²) in [6.07, 6.45) is 2.14. The smallest absolute Gasteiger partial charge is 0.226 e. The Morgan fingerprint density at radius 1 is 1.35 bits per heavy atom. The van der Waals surface area contributed by atoms with Crippen molar-refractivity contribution in [3.8, 4) is 5.75 Å². The molecular weight excluding hydrogens is 292 g/mol. The Labute approximate surface area is 135 Å². The van der Waals surface area contributed by atoms with Crippen LogP contribution in [0.15, 0.2) is 45.8 Å². The number of anilines is 1. The molecule has 3 rings (SSSR count). The van der Waals surface area contributed by atoms with Gasteiger partial charge in [-0.1, -0.05) is 25.1 Å². The van der Waals surface area contributed by atoms with Gasteiger partial charge in [-0.15, -0.1) is 0 Å². The number of likely N-dealkylation sites (N-methyl/N-ethyl adjacent to an activating group) is 1. The molecule has 0 bridgehead atoms.